The Labute approximate surface area is 97.2 Å². The quantitative estimate of drug-likeness (QED) is 0.797. The van der Waals surface area contributed by atoms with Crippen molar-refractivity contribution in [1.82, 2.24) is 14.6 Å². The molecule has 0 unspecified atom stereocenters. The van der Waals surface area contributed by atoms with Gasteiger partial charge in [-0.05, 0) is 13.3 Å². The van der Waals surface area contributed by atoms with Gasteiger partial charge in [-0.15, -0.1) is 0 Å². The number of aromatic nitrogens is 3. The van der Waals surface area contributed by atoms with Crippen molar-refractivity contribution in [2.75, 3.05) is 6.61 Å². The molecule has 0 bridgehead atoms. The van der Waals surface area contributed by atoms with E-state index in [1.807, 2.05) is 6.92 Å². The van der Waals surface area contributed by atoms with Gasteiger partial charge in [0.1, 0.15) is 5.56 Å². The molecule has 0 amide bonds. The van der Waals surface area contributed by atoms with Crippen LogP contribution in [0, 0.1) is 0 Å². The number of carbonyl (C=O) groups is 1. The smallest absolute Gasteiger partial charge is 0.343 e. The summed E-state index contributed by atoms with van der Waals surface area (Å²) in [5, 5.41) is 4.22. The Bertz CT molecular complexity index is 612. The Balaban J connectivity index is 2.68. The van der Waals surface area contributed by atoms with E-state index in [-0.39, 0.29) is 12.2 Å². The number of hydrogen-bond donors (Lipinski definition) is 1. The lowest BCUT2D eigenvalue weighted by Crippen LogP contribution is -2.10. The summed E-state index contributed by atoms with van der Waals surface area (Å²) < 4.78 is 6.44. The molecule has 0 spiro atoms. The number of esters is 1. The van der Waals surface area contributed by atoms with E-state index in [0.29, 0.717) is 23.3 Å². The number of carbonyl (C=O) groups excluding carboxylic acids is 1. The number of hydrogen-bond acceptors (Lipinski definition) is 4. The second-order valence-corrected chi connectivity index (χ2v) is 3.49. The van der Waals surface area contributed by atoms with Crippen molar-refractivity contribution in [2.45, 2.75) is 20.3 Å². The highest BCUT2D eigenvalue weighted by molar-refractivity contribution is 5.97. The summed E-state index contributed by atoms with van der Waals surface area (Å²) >= 11 is 0. The molecule has 17 heavy (non-hydrogen) atoms. The number of nitrogens with zero attached hydrogens (tertiary/aromatic N) is 2. The first-order valence-electron chi connectivity index (χ1n) is 5.45. The van der Waals surface area contributed by atoms with Crippen molar-refractivity contribution >= 4 is 11.6 Å². The van der Waals surface area contributed by atoms with Gasteiger partial charge in [0.2, 0.25) is 0 Å². The maximum atomic E-state index is 11.8. The van der Waals surface area contributed by atoms with E-state index in [9.17, 15) is 9.59 Å². The van der Waals surface area contributed by atoms with E-state index in [4.69, 9.17) is 4.74 Å². The van der Waals surface area contributed by atoms with Crippen molar-refractivity contribution in [3.63, 3.8) is 0 Å². The summed E-state index contributed by atoms with van der Waals surface area (Å²) in [5.41, 5.74) is 1.07. The second kappa shape index (κ2) is 4.40. The second-order valence-electron chi connectivity index (χ2n) is 3.49. The maximum absolute atomic E-state index is 11.8. The number of rotatable bonds is 3. The minimum Gasteiger partial charge on any atom is -0.462 e. The van der Waals surface area contributed by atoms with E-state index in [2.05, 4.69) is 10.1 Å². The third-order valence-corrected chi connectivity index (χ3v) is 2.41. The first-order chi connectivity index (χ1) is 8.17. The highest BCUT2D eigenvalue weighted by Gasteiger charge is 2.20. The third kappa shape index (κ3) is 1.93. The predicted octanol–water partition coefficient (Wildman–Crippen LogP) is 0.762. The van der Waals surface area contributed by atoms with Gasteiger partial charge >= 0.3 is 5.97 Å². The molecule has 0 aromatic carbocycles. The van der Waals surface area contributed by atoms with Crippen molar-refractivity contribution in [1.29, 1.82) is 0 Å². The molecule has 2 aromatic rings. The van der Waals surface area contributed by atoms with Crippen molar-refractivity contribution in [2.24, 2.45) is 0 Å². The standard InChI is InChI=1S/C11H13N3O3/c1-3-7-9(11(16)17-4-2)10-12-8(15)5-6-14(10)13-7/h5-6H,3-4H2,1-2H3,(H,12,15). The van der Waals surface area contributed by atoms with Crippen LogP contribution in [0.3, 0.4) is 0 Å². The largest absolute Gasteiger partial charge is 0.462 e. The molecule has 0 fully saturated rings. The van der Waals surface area contributed by atoms with Crippen LogP contribution in [0.2, 0.25) is 0 Å². The van der Waals surface area contributed by atoms with E-state index in [1.54, 1.807) is 6.92 Å². The van der Waals surface area contributed by atoms with E-state index >= 15 is 0 Å². The Hall–Kier alpha value is -2.11. The van der Waals surface area contributed by atoms with Crippen molar-refractivity contribution < 1.29 is 9.53 Å². The Kier molecular flexibility index (Phi) is 2.95. The zero-order valence-corrected chi connectivity index (χ0v) is 9.69. The molecule has 2 rings (SSSR count). The molecule has 0 atom stereocenters. The van der Waals surface area contributed by atoms with Crippen LogP contribution in [0.1, 0.15) is 29.9 Å². The van der Waals surface area contributed by atoms with Crippen LogP contribution in [0.25, 0.3) is 5.65 Å². The molecular formula is C11H13N3O3. The molecule has 0 aliphatic carbocycles. The predicted molar refractivity (Wildman–Crippen MR) is 61.1 cm³/mol. The number of ether oxygens (including phenoxy) is 1. The zero-order valence-electron chi connectivity index (χ0n) is 9.69. The molecule has 2 aromatic heterocycles. The number of aryl methyl sites for hydroxylation is 1. The Morgan fingerprint density at radius 3 is 2.94 bits per heavy atom. The average molecular weight is 235 g/mol. The molecule has 0 saturated carbocycles. The molecule has 6 nitrogen and oxygen atoms in total. The highest BCUT2D eigenvalue weighted by atomic mass is 16.5. The van der Waals surface area contributed by atoms with Crippen LogP contribution in [0.4, 0.5) is 0 Å². The molecule has 6 heteroatoms. The lowest BCUT2D eigenvalue weighted by Gasteiger charge is -2.00. The van der Waals surface area contributed by atoms with Crippen LogP contribution >= 0.6 is 0 Å². The fourth-order valence-electron chi connectivity index (χ4n) is 1.67. The van der Waals surface area contributed by atoms with Gasteiger partial charge in [0.05, 0.1) is 12.3 Å². The van der Waals surface area contributed by atoms with Gasteiger partial charge in [0.15, 0.2) is 5.65 Å². The number of aromatic amines is 1. The lowest BCUT2D eigenvalue weighted by atomic mass is 10.2. The molecule has 1 N–H and O–H groups in total. The van der Waals surface area contributed by atoms with Gasteiger partial charge in [0.25, 0.3) is 5.56 Å². The normalized spacial score (nSPS) is 10.7. The average Bonchev–Trinajstić information content (AvgIpc) is 2.66. The van der Waals surface area contributed by atoms with E-state index in [0.717, 1.165) is 0 Å². The monoisotopic (exact) mass is 235 g/mol. The summed E-state index contributed by atoms with van der Waals surface area (Å²) in [4.78, 5) is 25.7. The fourth-order valence-corrected chi connectivity index (χ4v) is 1.67. The highest BCUT2D eigenvalue weighted by Crippen LogP contribution is 2.14. The number of fused-ring (bicyclic) bond motifs is 1. The Morgan fingerprint density at radius 1 is 1.53 bits per heavy atom. The summed E-state index contributed by atoms with van der Waals surface area (Å²) in [5.74, 6) is -0.457. The van der Waals surface area contributed by atoms with Crippen LogP contribution < -0.4 is 5.56 Å². The van der Waals surface area contributed by atoms with Gasteiger partial charge in [-0.1, -0.05) is 6.92 Å². The number of H-pyrrole nitrogens is 1. The lowest BCUT2D eigenvalue weighted by molar-refractivity contribution is 0.0527. The summed E-state index contributed by atoms with van der Waals surface area (Å²) in [6, 6.07) is 1.36. The van der Waals surface area contributed by atoms with Gasteiger partial charge in [-0.2, -0.15) is 5.10 Å². The SMILES string of the molecule is CCOC(=O)c1c(CC)nn2ccc(=O)[nH]c12. The summed E-state index contributed by atoms with van der Waals surface area (Å²) in [6.07, 6.45) is 2.12. The maximum Gasteiger partial charge on any atom is 0.343 e. The minimum absolute atomic E-state index is 0.273. The first kappa shape index (κ1) is 11.4. The van der Waals surface area contributed by atoms with Crippen molar-refractivity contribution in [3.05, 3.63) is 33.9 Å². The van der Waals surface area contributed by atoms with E-state index < -0.39 is 5.97 Å². The molecule has 2 heterocycles. The fraction of sp³-hybridized carbons (Fsp3) is 0.364. The summed E-state index contributed by atoms with van der Waals surface area (Å²) in [6.45, 7) is 3.91. The molecule has 0 saturated heterocycles. The van der Waals surface area contributed by atoms with Gasteiger partial charge in [-0.25, -0.2) is 9.31 Å². The molecule has 90 valence electrons. The first-order valence-corrected chi connectivity index (χ1v) is 5.45. The van der Waals surface area contributed by atoms with Crippen molar-refractivity contribution in [3.8, 4) is 0 Å². The van der Waals surface area contributed by atoms with Crippen LogP contribution in [0.15, 0.2) is 17.1 Å². The number of nitrogens with one attached hydrogen (secondary N) is 1. The topological polar surface area (TPSA) is 76.5 Å². The van der Waals surface area contributed by atoms with Crippen LogP contribution in [0.5, 0.6) is 0 Å². The molecule has 0 radical (unpaired) electrons. The van der Waals surface area contributed by atoms with E-state index in [1.165, 1.54) is 16.8 Å². The van der Waals surface area contributed by atoms with Gasteiger partial charge in [0, 0.05) is 12.3 Å². The molecule has 0 aliphatic rings. The third-order valence-electron chi connectivity index (χ3n) is 2.41. The minimum atomic E-state index is -0.457. The van der Waals surface area contributed by atoms with Crippen LogP contribution in [-0.2, 0) is 11.2 Å². The van der Waals surface area contributed by atoms with Crippen LogP contribution in [-0.4, -0.2) is 27.2 Å². The Morgan fingerprint density at radius 2 is 2.29 bits per heavy atom. The summed E-state index contributed by atoms with van der Waals surface area (Å²) in [7, 11) is 0. The zero-order chi connectivity index (χ0) is 12.4. The van der Waals surface area contributed by atoms with Gasteiger partial charge < -0.3 is 9.72 Å². The molecular weight excluding hydrogens is 222 g/mol. The molecule has 0 aliphatic heterocycles. The van der Waals surface area contributed by atoms with Gasteiger partial charge in [-0.3, -0.25) is 4.79 Å².